The maximum absolute atomic E-state index is 14.5. The Morgan fingerprint density at radius 3 is 2.13 bits per heavy atom. The monoisotopic (exact) mass is 1030 g/mol. The number of alkyl halides is 1. The fraction of sp³-hybridized carbons (Fsp3) is 0.820. The summed E-state index contributed by atoms with van der Waals surface area (Å²) >= 11 is 0. The van der Waals surface area contributed by atoms with Crippen LogP contribution in [0.15, 0.2) is 34.3 Å². The molecule has 0 radical (unpaired) electrons. The number of cyclic esters (lactones) is 1. The number of ether oxygens (including phenoxy) is 7. The summed E-state index contributed by atoms with van der Waals surface area (Å²) in [5.74, 6) is -4.74. The number of sulfone groups is 1. The Bertz CT molecular complexity index is 2030. The van der Waals surface area contributed by atoms with Gasteiger partial charge in [-0.2, -0.15) is 0 Å². The number of aliphatic hydroxyl groups excluding tert-OH is 3. The fourth-order valence-electron chi connectivity index (χ4n) is 10.8. The van der Waals surface area contributed by atoms with Crippen molar-refractivity contribution in [3.05, 3.63) is 29.8 Å². The summed E-state index contributed by atoms with van der Waals surface area (Å²) in [6.07, 6.45) is -9.19. The minimum absolute atomic E-state index is 0.0481. The van der Waals surface area contributed by atoms with Gasteiger partial charge in [-0.15, -0.1) is 0 Å². The predicted molar refractivity (Wildman–Crippen MR) is 260 cm³/mol. The van der Waals surface area contributed by atoms with Crippen LogP contribution in [0.5, 0.6) is 0 Å². The summed E-state index contributed by atoms with van der Waals surface area (Å²) in [6, 6.07) is 4.58. The van der Waals surface area contributed by atoms with Crippen LogP contribution in [-0.2, 0) is 59.0 Å². The first kappa shape index (κ1) is 60.6. The quantitative estimate of drug-likeness (QED) is 0.0786. The van der Waals surface area contributed by atoms with Gasteiger partial charge in [-0.3, -0.25) is 9.59 Å². The van der Waals surface area contributed by atoms with E-state index in [9.17, 15) is 48.0 Å². The molecule has 3 heterocycles. The molecule has 3 fully saturated rings. The summed E-state index contributed by atoms with van der Waals surface area (Å²) in [5, 5.41) is 63.7. The first-order valence-electron chi connectivity index (χ1n) is 24.8. The van der Waals surface area contributed by atoms with Gasteiger partial charge in [0.15, 0.2) is 22.4 Å². The molecule has 3 aliphatic rings. The van der Waals surface area contributed by atoms with E-state index in [0.29, 0.717) is 12.0 Å². The highest BCUT2D eigenvalue weighted by atomic mass is 32.2. The zero-order valence-electron chi connectivity index (χ0n) is 44.1. The normalized spacial score (nSPS) is 40.2. The molecule has 408 valence electrons. The highest BCUT2D eigenvalue weighted by molar-refractivity contribution is 7.90. The molecule has 19 atom stereocenters. The van der Waals surface area contributed by atoms with Gasteiger partial charge in [0.25, 0.3) is 0 Å². The van der Waals surface area contributed by atoms with Crippen molar-refractivity contribution in [2.75, 3.05) is 40.7 Å². The van der Waals surface area contributed by atoms with Gasteiger partial charge >= 0.3 is 5.97 Å². The van der Waals surface area contributed by atoms with Gasteiger partial charge in [-0.1, -0.05) is 45.0 Å². The van der Waals surface area contributed by atoms with E-state index in [1.807, 2.05) is 11.8 Å². The Labute approximate surface area is 420 Å². The van der Waals surface area contributed by atoms with Crippen LogP contribution >= 0.6 is 0 Å². The first-order chi connectivity index (χ1) is 33.0. The van der Waals surface area contributed by atoms with Crippen LogP contribution in [0.3, 0.4) is 0 Å². The standard InChI is InChI=1S/C50H84FN3O16S/c1-15-37-50(10,60)43(57)29(4)40(53-61)27(2)24-49(9,65-13)45(30(5)42(31(6)46(59)68-37)69-39-25-48(8,64-12)44(58)32(7)67-39)70-47-41(56)36(22-28(3)66-47)54(11)21-20-38(55)52-34(26-51)23-33-16-18-35(19-17-33)71(14,62)63/h16-19,27-32,34,36-37,39,41-45,47,56-58,60-61H,15,20-26H2,1-14H3,(H,52,55)/b53-40+/t27-,28-,29+,30+,31-,32+,34+,36+,37-,39+,41-,42+,43-,44+,45-,47+,48?,49?,50?/m1/s1. The lowest BCUT2D eigenvalue weighted by Crippen LogP contribution is -2.61. The second kappa shape index (κ2) is 25.1. The zero-order valence-corrected chi connectivity index (χ0v) is 44.9. The highest BCUT2D eigenvalue weighted by Crippen LogP contribution is 2.42. The molecule has 1 aromatic rings. The molecule has 0 aromatic heterocycles. The summed E-state index contributed by atoms with van der Waals surface area (Å²) < 4.78 is 82.6. The molecule has 3 saturated heterocycles. The average molecular weight is 1030 g/mol. The number of carbonyl (C=O) groups is 2. The third kappa shape index (κ3) is 14.5. The largest absolute Gasteiger partial charge is 0.459 e. The lowest BCUT2D eigenvalue weighted by molar-refractivity contribution is -0.319. The molecule has 21 heteroatoms. The Hall–Kier alpha value is -2.93. The lowest BCUT2D eigenvalue weighted by atomic mass is 9.73. The number of carbonyl (C=O) groups excluding carboxylic acids is 2. The van der Waals surface area contributed by atoms with Gasteiger partial charge in [-0.05, 0) is 92.0 Å². The van der Waals surface area contributed by atoms with Crippen molar-refractivity contribution in [1.82, 2.24) is 10.2 Å². The second-order valence-electron chi connectivity index (χ2n) is 21.1. The number of likely N-dealkylation sites (N-methyl/N-ethyl adjacent to an activating group) is 1. The van der Waals surface area contributed by atoms with E-state index in [2.05, 4.69) is 10.5 Å². The number of methoxy groups -OCH3 is 2. The molecule has 4 rings (SSSR count). The minimum Gasteiger partial charge on any atom is -0.459 e. The molecule has 0 aliphatic carbocycles. The number of aliphatic hydroxyl groups is 4. The van der Waals surface area contributed by atoms with Gasteiger partial charge in [0.1, 0.15) is 30.6 Å². The summed E-state index contributed by atoms with van der Waals surface area (Å²) in [4.78, 5) is 29.7. The van der Waals surface area contributed by atoms with Gasteiger partial charge in [0.05, 0.1) is 64.3 Å². The smallest absolute Gasteiger partial charge is 0.311 e. The first-order valence-corrected chi connectivity index (χ1v) is 26.7. The van der Waals surface area contributed by atoms with E-state index >= 15 is 0 Å². The van der Waals surface area contributed by atoms with Crippen molar-refractivity contribution in [3.8, 4) is 0 Å². The minimum atomic E-state index is -3.41. The lowest BCUT2D eigenvalue weighted by Gasteiger charge is -2.50. The van der Waals surface area contributed by atoms with Crippen molar-refractivity contribution in [3.63, 3.8) is 0 Å². The van der Waals surface area contributed by atoms with E-state index < -0.39 is 142 Å². The van der Waals surface area contributed by atoms with Crippen LogP contribution in [0.2, 0.25) is 0 Å². The van der Waals surface area contributed by atoms with Crippen LogP contribution in [0.25, 0.3) is 0 Å². The van der Waals surface area contributed by atoms with Gasteiger partial charge in [-0.25, -0.2) is 12.8 Å². The average Bonchev–Trinajstić information content (AvgIpc) is 3.31. The highest BCUT2D eigenvalue weighted by Gasteiger charge is 2.54. The summed E-state index contributed by atoms with van der Waals surface area (Å²) in [6.45, 7) is 16.2. The number of benzene rings is 1. The Balaban J connectivity index is 1.70. The maximum atomic E-state index is 14.5. The topological polar surface area (TPSA) is 262 Å². The number of nitrogens with one attached hydrogen (secondary N) is 1. The van der Waals surface area contributed by atoms with E-state index in [-0.39, 0.29) is 49.3 Å². The number of amides is 1. The molecule has 71 heavy (non-hydrogen) atoms. The molecule has 1 aromatic carbocycles. The molecule has 3 unspecified atom stereocenters. The van der Waals surface area contributed by atoms with Crippen LogP contribution in [-0.4, -0.2) is 188 Å². The number of halogens is 1. The molecule has 0 saturated carbocycles. The van der Waals surface area contributed by atoms with Crippen molar-refractivity contribution in [2.45, 2.75) is 203 Å². The Kier molecular flexibility index (Phi) is 21.4. The van der Waals surface area contributed by atoms with E-state index in [1.54, 1.807) is 74.6 Å². The Morgan fingerprint density at radius 2 is 1.58 bits per heavy atom. The number of hydrogen-bond donors (Lipinski definition) is 6. The van der Waals surface area contributed by atoms with Crippen molar-refractivity contribution < 1.29 is 81.2 Å². The number of esters is 1. The van der Waals surface area contributed by atoms with E-state index in [0.717, 1.165) is 6.26 Å². The molecule has 6 N–H and O–H groups in total. The third-order valence-electron chi connectivity index (χ3n) is 15.4. The zero-order chi connectivity index (χ0) is 53.6. The van der Waals surface area contributed by atoms with Gasteiger partial charge < -0.3 is 69.0 Å². The van der Waals surface area contributed by atoms with E-state index in [1.165, 1.54) is 33.3 Å². The van der Waals surface area contributed by atoms with Gasteiger partial charge in [0.2, 0.25) is 5.91 Å². The number of oxime groups is 1. The van der Waals surface area contributed by atoms with Crippen molar-refractivity contribution >= 4 is 27.4 Å². The predicted octanol–water partition coefficient (Wildman–Crippen LogP) is 3.56. The van der Waals surface area contributed by atoms with Crippen LogP contribution in [0.4, 0.5) is 4.39 Å². The molecule has 0 spiro atoms. The molecular formula is C50H84FN3O16S. The Morgan fingerprint density at radius 1 is 0.958 bits per heavy atom. The van der Waals surface area contributed by atoms with Crippen LogP contribution < -0.4 is 5.32 Å². The number of hydrogen-bond acceptors (Lipinski definition) is 18. The number of rotatable bonds is 16. The summed E-state index contributed by atoms with van der Waals surface area (Å²) in [5.41, 5.74) is -3.70. The molecule has 19 nitrogen and oxygen atoms in total. The molecular weight excluding hydrogens is 950 g/mol. The second-order valence-corrected chi connectivity index (χ2v) is 23.1. The summed E-state index contributed by atoms with van der Waals surface area (Å²) in [7, 11) is 1.28. The number of nitrogens with zero attached hydrogens (tertiary/aromatic N) is 2. The SMILES string of the molecule is CC[C@H]1OC(=O)[C@H](C)[C@@H](O[C@H]2CC(C)(OC)[C@@H](O)[C@H](C)O2)[C@H](C)[C@@H](O[C@@H]2O[C@H](C)C[C@H](N(C)CCC(=O)N[C@H](CF)Cc3ccc(S(C)(=O)=O)cc3)[C@H]2O)C(C)(OC)C[C@@H](C)/C(=N\O)[C@H](C)[C@@H](O)C1(C)O. The van der Waals surface area contributed by atoms with Crippen LogP contribution in [0.1, 0.15) is 107 Å². The fourth-order valence-corrected chi connectivity index (χ4v) is 11.4. The molecule has 1 amide bonds. The van der Waals surface area contributed by atoms with Crippen molar-refractivity contribution in [1.29, 1.82) is 0 Å². The van der Waals surface area contributed by atoms with Crippen molar-refractivity contribution in [2.24, 2.45) is 28.8 Å². The third-order valence-corrected chi connectivity index (χ3v) is 16.5. The van der Waals surface area contributed by atoms with Gasteiger partial charge in [0, 0.05) is 63.7 Å². The van der Waals surface area contributed by atoms with Crippen LogP contribution in [0, 0.1) is 23.7 Å². The molecule has 0 bridgehead atoms. The van der Waals surface area contributed by atoms with E-state index in [4.69, 9.17) is 33.2 Å². The maximum Gasteiger partial charge on any atom is 0.311 e. The molecule has 3 aliphatic heterocycles.